The number of amides is 1. The van der Waals surface area contributed by atoms with Gasteiger partial charge in [-0.05, 0) is 6.92 Å². The average Bonchev–Trinajstić information content (AvgIpc) is 2.03. The van der Waals surface area contributed by atoms with Gasteiger partial charge in [0.15, 0.2) is 0 Å². The van der Waals surface area contributed by atoms with Crippen molar-refractivity contribution >= 4 is 28.5 Å². The van der Waals surface area contributed by atoms with E-state index in [-0.39, 0.29) is 9.83 Å². The summed E-state index contributed by atoms with van der Waals surface area (Å²) in [4.78, 5) is 13.2. The third kappa shape index (κ3) is 3.90. The lowest BCUT2D eigenvalue weighted by Gasteiger charge is -2.20. The molecule has 0 bridgehead atoms. The predicted molar refractivity (Wildman–Crippen MR) is 60.5 cm³/mol. The van der Waals surface area contributed by atoms with Crippen LogP contribution in [0.25, 0.3) is 0 Å². The van der Waals surface area contributed by atoms with Gasteiger partial charge >= 0.3 is 0 Å². The van der Waals surface area contributed by atoms with E-state index in [9.17, 15) is 4.79 Å². The van der Waals surface area contributed by atoms with Crippen LogP contribution >= 0.6 is 22.6 Å². The van der Waals surface area contributed by atoms with E-state index in [0.29, 0.717) is 13.1 Å². The van der Waals surface area contributed by atoms with Crippen molar-refractivity contribution < 1.29 is 4.79 Å². The molecule has 12 heavy (non-hydrogen) atoms. The first-order chi connectivity index (χ1) is 5.63. The summed E-state index contributed by atoms with van der Waals surface area (Å²) in [5, 5.41) is 0. The molecule has 0 saturated carbocycles. The van der Waals surface area contributed by atoms with Gasteiger partial charge in [-0.1, -0.05) is 34.7 Å². The lowest BCUT2D eigenvalue weighted by atomic mass is 10.3. The summed E-state index contributed by atoms with van der Waals surface area (Å²) in [6, 6.07) is 0. The zero-order valence-corrected chi connectivity index (χ0v) is 9.45. The van der Waals surface area contributed by atoms with Crippen LogP contribution in [0.15, 0.2) is 25.3 Å². The molecule has 0 aromatic rings. The third-order valence-electron chi connectivity index (χ3n) is 1.35. The van der Waals surface area contributed by atoms with Crippen molar-refractivity contribution in [1.29, 1.82) is 0 Å². The quantitative estimate of drug-likeness (QED) is 0.428. The van der Waals surface area contributed by atoms with Gasteiger partial charge < -0.3 is 4.90 Å². The first kappa shape index (κ1) is 11.7. The molecule has 0 saturated heterocycles. The molecule has 0 rings (SSSR count). The number of carbonyl (C=O) groups excluding carboxylic acids is 1. The second-order valence-electron chi connectivity index (χ2n) is 2.44. The van der Waals surface area contributed by atoms with Crippen molar-refractivity contribution in [3.05, 3.63) is 25.3 Å². The van der Waals surface area contributed by atoms with E-state index in [4.69, 9.17) is 0 Å². The van der Waals surface area contributed by atoms with Gasteiger partial charge in [0.1, 0.15) is 0 Å². The van der Waals surface area contributed by atoms with Crippen molar-refractivity contribution in [2.45, 2.75) is 10.8 Å². The highest BCUT2D eigenvalue weighted by molar-refractivity contribution is 14.1. The maximum Gasteiger partial charge on any atom is 0.235 e. The normalized spacial score (nSPS) is 11.8. The van der Waals surface area contributed by atoms with Gasteiger partial charge in [-0.25, -0.2) is 0 Å². The van der Waals surface area contributed by atoms with Crippen LogP contribution in [0, 0.1) is 0 Å². The Labute approximate surface area is 87.5 Å². The molecule has 0 aliphatic heterocycles. The van der Waals surface area contributed by atoms with Crippen molar-refractivity contribution in [2.75, 3.05) is 13.1 Å². The van der Waals surface area contributed by atoms with Crippen LogP contribution in [-0.4, -0.2) is 27.8 Å². The smallest absolute Gasteiger partial charge is 0.235 e. The number of rotatable bonds is 5. The molecule has 0 aliphatic rings. The Bertz CT molecular complexity index is 167. The van der Waals surface area contributed by atoms with Gasteiger partial charge in [-0.15, -0.1) is 13.2 Å². The Balaban J connectivity index is 4.17. The molecule has 0 aromatic heterocycles. The van der Waals surface area contributed by atoms with Crippen LogP contribution in [0.4, 0.5) is 0 Å². The number of hydrogen-bond acceptors (Lipinski definition) is 1. The van der Waals surface area contributed by atoms with E-state index >= 15 is 0 Å². The van der Waals surface area contributed by atoms with E-state index in [1.54, 1.807) is 17.1 Å². The minimum atomic E-state index is 0.0162. The number of carbonyl (C=O) groups is 1. The molecular weight excluding hydrogens is 265 g/mol. The van der Waals surface area contributed by atoms with Crippen LogP contribution in [0.5, 0.6) is 0 Å². The molecule has 3 heteroatoms. The fourth-order valence-corrected chi connectivity index (χ4v) is 1.21. The maximum atomic E-state index is 11.4. The van der Waals surface area contributed by atoms with Gasteiger partial charge in [-0.3, -0.25) is 4.79 Å². The predicted octanol–water partition coefficient (Wildman–Crippen LogP) is 2.01. The summed E-state index contributed by atoms with van der Waals surface area (Å²) in [6.07, 6.45) is 3.45. The molecule has 0 N–H and O–H groups in total. The number of halogens is 1. The summed E-state index contributed by atoms with van der Waals surface area (Å²) in [5.41, 5.74) is 0. The Morgan fingerprint density at radius 3 is 2.17 bits per heavy atom. The van der Waals surface area contributed by atoms with Crippen LogP contribution in [-0.2, 0) is 4.79 Å². The standard InChI is InChI=1S/C9H14INO/c1-4-6-11(7-5-2)9(12)8(3)10/h4-5,8H,1-2,6-7H2,3H3. The molecule has 0 spiro atoms. The molecule has 0 aromatic carbocycles. The second-order valence-corrected chi connectivity index (χ2v) is 4.31. The summed E-state index contributed by atoms with van der Waals surface area (Å²) >= 11 is 2.10. The van der Waals surface area contributed by atoms with Crippen molar-refractivity contribution in [2.24, 2.45) is 0 Å². The summed E-state index contributed by atoms with van der Waals surface area (Å²) in [6.45, 7) is 10.3. The second kappa shape index (κ2) is 6.22. The van der Waals surface area contributed by atoms with Gasteiger partial charge in [0.05, 0.1) is 3.92 Å². The third-order valence-corrected chi connectivity index (χ3v) is 1.88. The minimum Gasteiger partial charge on any atom is -0.334 e. The SMILES string of the molecule is C=CCN(CC=C)C(=O)C(C)I. The molecular formula is C9H14INO. The molecule has 0 radical (unpaired) electrons. The Morgan fingerprint density at radius 2 is 1.92 bits per heavy atom. The molecule has 0 aliphatic carbocycles. The Morgan fingerprint density at radius 1 is 1.50 bits per heavy atom. The highest BCUT2D eigenvalue weighted by Gasteiger charge is 2.14. The van der Waals surface area contributed by atoms with E-state index in [1.165, 1.54) is 0 Å². The molecule has 68 valence electrons. The highest BCUT2D eigenvalue weighted by Crippen LogP contribution is 2.04. The highest BCUT2D eigenvalue weighted by atomic mass is 127. The van der Waals surface area contributed by atoms with Crippen LogP contribution in [0.1, 0.15) is 6.92 Å². The lowest BCUT2D eigenvalue weighted by Crippen LogP contribution is -2.35. The van der Waals surface area contributed by atoms with Crippen molar-refractivity contribution in [3.63, 3.8) is 0 Å². The molecule has 1 atom stereocenters. The van der Waals surface area contributed by atoms with Crippen LogP contribution in [0.2, 0.25) is 0 Å². The average molecular weight is 279 g/mol. The molecule has 1 unspecified atom stereocenters. The van der Waals surface area contributed by atoms with Gasteiger partial charge in [0.25, 0.3) is 0 Å². The van der Waals surface area contributed by atoms with Gasteiger partial charge in [0, 0.05) is 13.1 Å². The van der Waals surface area contributed by atoms with Crippen LogP contribution < -0.4 is 0 Å². The summed E-state index contributed by atoms with van der Waals surface area (Å²) in [5.74, 6) is 0.135. The molecule has 0 fully saturated rings. The van der Waals surface area contributed by atoms with Crippen LogP contribution in [0.3, 0.4) is 0 Å². The Kier molecular flexibility index (Phi) is 6.06. The van der Waals surface area contributed by atoms with E-state index in [0.717, 1.165) is 0 Å². The van der Waals surface area contributed by atoms with Gasteiger partial charge in [0.2, 0.25) is 5.91 Å². The van der Waals surface area contributed by atoms with E-state index < -0.39 is 0 Å². The summed E-state index contributed by atoms with van der Waals surface area (Å²) in [7, 11) is 0. The minimum absolute atomic E-state index is 0.0162. The van der Waals surface area contributed by atoms with E-state index in [2.05, 4.69) is 35.7 Å². The van der Waals surface area contributed by atoms with Crippen molar-refractivity contribution in [1.82, 2.24) is 4.90 Å². The zero-order chi connectivity index (χ0) is 9.56. The first-order valence-corrected chi connectivity index (χ1v) is 5.02. The fourth-order valence-electron chi connectivity index (χ4n) is 0.818. The topological polar surface area (TPSA) is 20.3 Å². The monoisotopic (exact) mass is 279 g/mol. The fraction of sp³-hybridized carbons (Fsp3) is 0.444. The molecule has 0 heterocycles. The molecule has 1 amide bonds. The first-order valence-electron chi connectivity index (χ1n) is 3.78. The number of hydrogen-bond donors (Lipinski definition) is 0. The Hall–Kier alpha value is -0.320. The number of alkyl halides is 1. The number of nitrogens with zero attached hydrogens (tertiary/aromatic N) is 1. The molecule has 2 nitrogen and oxygen atoms in total. The summed E-state index contributed by atoms with van der Waals surface area (Å²) < 4.78 is 0.0162. The van der Waals surface area contributed by atoms with Gasteiger partial charge in [-0.2, -0.15) is 0 Å². The lowest BCUT2D eigenvalue weighted by molar-refractivity contribution is -0.128. The van der Waals surface area contributed by atoms with E-state index in [1.807, 2.05) is 6.92 Å². The largest absolute Gasteiger partial charge is 0.334 e. The van der Waals surface area contributed by atoms with Crippen molar-refractivity contribution in [3.8, 4) is 0 Å². The maximum absolute atomic E-state index is 11.4. The zero-order valence-electron chi connectivity index (χ0n) is 7.29.